The van der Waals surface area contributed by atoms with Gasteiger partial charge in [-0.3, -0.25) is 0 Å². The fourth-order valence-electron chi connectivity index (χ4n) is 1.60. The highest BCUT2D eigenvalue weighted by Crippen LogP contribution is 2.31. The number of hydrogen-bond donors (Lipinski definition) is 1. The fraction of sp³-hybridized carbons (Fsp3) is 0.0769. The predicted octanol–water partition coefficient (Wildman–Crippen LogP) is 4.10. The molecular formula is C13H8F4O2. The number of ether oxygens (including phenoxy) is 1. The van der Waals surface area contributed by atoms with Crippen LogP contribution in [0, 0.1) is 5.82 Å². The minimum absolute atomic E-state index is 0.00683. The maximum Gasteiger partial charge on any atom is 0.573 e. The number of benzene rings is 2. The molecule has 0 unspecified atom stereocenters. The summed E-state index contributed by atoms with van der Waals surface area (Å²) in [4.78, 5) is 0. The predicted molar refractivity (Wildman–Crippen MR) is 60.2 cm³/mol. The molecular weight excluding hydrogens is 264 g/mol. The first-order valence-corrected chi connectivity index (χ1v) is 5.20. The lowest BCUT2D eigenvalue weighted by molar-refractivity contribution is -0.274. The molecule has 0 bridgehead atoms. The van der Waals surface area contributed by atoms with E-state index in [-0.39, 0.29) is 11.1 Å². The Bertz CT molecular complexity index is 593. The quantitative estimate of drug-likeness (QED) is 0.834. The Kier molecular flexibility index (Phi) is 3.33. The second kappa shape index (κ2) is 4.79. The molecule has 0 heterocycles. The molecule has 0 radical (unpaired) electrons. The van der Waals surface area contributed by atoms with Crippen molar-refractivity contribution in [1.29, 1.82) is 0 Å². The third kappa shape index (κ3) is 3.15. The second-order valence-corrected chi connectivity index (χ2v) is 3.71. The van der Waals surface area contributed by atoms with E-state index in [1.54, 1.807) is 0 Å². The van der Waals surface area contributed by atoms with Crippen LogP contribution < -0.4 is 4.74 Å². The maximum atomic E-state index is 13.6. The topological polar surface area (TPSA) is 29.5 Å². The molecule has 19 heavy (non-hydrogen) atoms. The minimum atomic E-state index is -4.81. The minimum Gasteiger partial charge on any atom is -0.505 e. The van der Waals surface area contributed by atoms with Gasteiger partial charge in [0.15, 0.2) is 11.6 Å². The average Bonchev–Trinajstić information content (AvgIpc) is 2.31. The van der Waals surface area contributed by atoms with Crippen LogP contribution in [0.25, 0.3) is 11.1 Å². The summed E-state index contributed by atoms with van der Waals surface area (Å²) in [6.45, 7) is 0. The van der Waals surface area contributed by atoms with Gasteiger partial charge in [0.1, 0.15) is 5.75 Å². The number of alkyl halides is 3. The molecule has 0 saturated heterocycles. The molecule has 1 N–H and O–H groups in total. The van der Waals surface area contributed by atoms with Crippen molar-refractivity contribution in [2.75, 3.05) is 0 Å². The lowest BCUT2D eigenvalue weighted by Crippen LogP contribution is -2.17. The zero-order valence-electron chi connectivity index (χ0n) is 9.41. The molecule has 2 nitrogen and oxygen atoms in total. The highest BCUT2D eigenvalue weighted by atomic mass is 19.4. The summed E-state index contributed by atoms with van der Waals surface area (Å²) >= 11 is 0. The average molecular weight is 272 g/mol. The Balaban J connectivity index is 2.41. The molecule has 6 heteroatoms. The molecule has 0 fully saturated rings. The Morgan fingerprint density at radius 2 is 1.68 bits per heavy atom. The molecule has 0 aliphatic heterocycles. The third-order valence-corrected chi connectivity index (χ3v) is 2.36. The van der Waals surface area contributed by atoms with Gasteiger partial charge in [-0.25, -0.2) is 4.39 Å². The number of aromatic hydroxyl groups is 1. The first-order chi connectivity index (χ1) is 8.87. The molecule has 0 amide bonds. The molecule has 0 aliphatic rings. The standard InChI is InChI=1S/C13H8F4O2/c14-12-10(5-2-6-11(12)18)8-3-1-4-9(7-8)19-13(15,16)17/h1-7,18H. The number of phenolic OH excluding ortho intramolecular Hbond substituents is 1. The first-order valence-electron chi connectivity index (χ1n) is 5.20. The van der Waals surface area contributed by atoms with E-state index in [0.717, 1.165) is 18.2 Å². The fourth-order valence-corrected chi connectivity index (χ4v) is 1.60. The molecule has 0 atom stereocenters. The van der Waals surface area contributed by atoms with Crippen LogP contribution in [0.3, 0.4) is 0 Å². The maximum absolute atomic E-state index is 13.6. The number of hydrogen-bond acceptors (Lipinski definition) is 2. The normalized spacial score (nSPS) is 11.4. The van der Waals surface area contributed by atoms with Gasteiger partial charge in [0.25, 0.3) is 0 Å². The highest BCUT2D eigenvalue weighted by molar-refractivity contribution is 5.67. The summed E-state index contributed by atoms with van der Waals surface area (Å²) in [6, 6.07) is 8.77. The van der Waals surface area contributed by atoms with Crippen LogP contribution in [0.15, 0.2) is 42.5 Å². The zero-order chi connectivity index (χ0) is 14.0. The first kappa shape index (κ1) is 13.2. The Morgan fingerprint density at radius 3 is 2.37 bits per heavy atom. The van der Waals surface area contributed by atoms with E-state index in [0.29, 0.717) is 0 Å². The van der Waals surface area contributed by atoms with Crippen molar-refractivity contribution in [1.82, 2.24) is 0 Å². The van der Waals surface area contributed by atoms with Gasteiger partial charge >= 0.3 is 6.36 Å². The van der Waals surface area contributed by atoms with E-state index in [9.17, 15) is 22.7 Å². The van der Waals surface area contributed by atoms with E-state index in [4.69, 9.17) is 0 Å². The van der Waals surface area contributed by atoms with Crippen molar-refractivity contribution < 1.29 is 27.4 Å². The van der Waals surface area contributed by atoms with Crippen molar-refractivity contribution in [2.45, 2.75) is 6.36 Å². The van der Waals surface area contributed by atoms with E-state index >= 15 is 0 Å². The summed E-state index contributed by atoms with van der Waals surface area (Å²) in [5.74, 6) is -1.92. The Hall–Kier alpha value is -2.24. The molecule has 2 rings (SSSR count). The van der Waals surface area contributed by atoms with Crippen LogP contribution in [0.2, 0.25) is 0 Å². The van der Waals surface area contributed by atoms with Crippen LogP contribution in [-0.4, -0.2) is 11.5 Å². The van der Waals surface area contributed by atoms with Crippen molar-refractivity contribution in [2.24, 2.45) is 0 Å². The van der Waals surface area contributed by atoms with Gasteiger partial charge in [-0.2, -0.15) is 0 Å². The van der Waals surface area contributed by atoms with E-state index in [1.807, 2.05) is 0 Å². The van der Waals surface area contributed by atoms with Gasteiger partial charge in [-0.1, -0.05) is 24.3 Å². The van der Waals surface area contributed by atoms with Crippen LogP contribution in [-0.2, 0) is 0 Å². The van der Waals surface area contributed by atoms with Gasteiger partial charge in [0.05, 0.1) is 0 Å². The van der Waals surface area contributed by atoms with E-state index < -0.39 is 23.7 Å². The van der Waals surface area contributed by atoms with Gasteiger partial charge in [0, 0.05) is 5.56 Å². The van der Waals surface area contributed by atoms with Crippen molar-refractivity contribution >= 4 is 0 Å². The third-order valence-electron chi connectivity index (χ3n) is 2.36. The van der Waals surface area contributed by atoms with Gasteiger partial charge in [0.2, 0.25) is 0 Å². The highest BCUT2D eigenvalue weighted by Gasteiger charge is 2.31. The summed E-state index contributed by atoms with van der Waals surface area (Å²) in [7, 11) is 0. The molecule has 0 aliphatic carbocycles. The van der Waals surface area contributed by atoms with Crippen molar-refractivity contribution in [3.05, 3.63) is 48.3 Å². The van der Waals surface area contributed by atoms with Gasteiger partial charge < -0.3 is 9.84 Å². The summed E-state index contributed by atoms with van der Waals surface area (Å²) in [5, 5.41) is 9.23. The van der Waals surface area contributed by atoms with E-state index in [2.05, 4.69) is 4.74 Å². The van der Waals surface area contributed by atoms with Crippen LogP contribution >= 0.6 is 0 Å². The van der Waals surface area contributed by atoms with Crippen molar-refractivity contribution in [3.8, 4) is 22.6 Å². The van der Waals surface area contributed by atoms with Crippen LogP contribution in [0.4, 0.5) is 17.6 Å². The molecule has 0 spiro atoms. The largest absolute Gasteiger partial charge is 0.573 e. The summed E-state index contributed by atoms with van der Waals surface area (Å²) in [5.41, 5.74) is 0.169. The van der Waals surface area contributed by atoms with E-state index in [1.165, 1.54) is 24.3 Å². The van der Waals surface area contributed by atoms with Crippen molar-refractivity contribution in [3.63, 3.8) is 0 Å². The van der Waals surface area contributed by atoms with Crippen LogP contribution in [0.5, 0.6) is 11.5 Å². The molecule has 0 aromatic heterocycles. The summed E-state index contributed by atoms with van der Waals surface area (Å²) < 4.78 is 53.6. The molecule has 2 aromatic rings. The molecule has 0 saturated carbocycles. The SMILES string of the molecule is Oc1cccc(-c2cccc(OC(F)(F)F)c2)c1F. The monoisotopic (exact) mass is 272 g/mol. The Morgan fingerprint density at radius 1 is 1.00 bits per heavy atom. The molecule has 100 valence electrons. The Labute approximate surface area is 105 Å². The second-order valence-electron chi connectivity index (χ2n) is 3.71. The zero-order valence-corrected chi connectivity index (χ0v) is 9.41. The van der Waals surface area contributed by atoms with Gasteiger partial charge in [-0.15, -0.1) is 13.2 Å². The number of rotatable bonds is 2. The smallest absolute Gasteiger partial charge is 0.505 e. The summed E-state index contributed by atoms with van der Waals surface area (Å²) in [6.07, 6.45) is -4.81. The molecule has 2 aromatic carbocycles. The number of halogens is 4. The lowest BCUT2D eigenvalue weighted by Gasteiger charge is -2.10. The lowest BCUT2D eigenvalue weighted by atomic mass is 10.0. The number of phenols is 1. The van der Waals surface area contributed by atoms with Crippen LogP contribution in [0.1, 0.15) is 0 Å². The van der Waals surface area contributed by atoms with Gasteiger partial charge in [-0.05, 0) is 23.8 Å².